The molecule has 0 atom stereocenters. The van der Waals surface area contributed by atoms with Crippen LogP contribution in [0.5, 0.6) is 0 Å². The van der Waals surface area contributed by atoms with Crippen molar-refractivity contribution in [3.8, 4) is 6.07 Å². The van der Waals surface area contributed by atoms with Gasteiger partial charge < -0.3 is 5.11 Å². The second kappa shape index (κ2) is 6.53. The van der Waals surface area contributed by atoms with Crippen molar-refractivity contribution < 1.29 is 18.3 Å². The minimum absolute atomic E-state index is 0.134. The van der Waals surface area contributed by atoms with Crippen LogP contribution in [0, 0.1) is 11.3 Å². The average Bonchev–Trinajstić information content (AvgIpc) is 2.96. The van der Waals surface area contributed by atoms with Crippen LogP contribution in [0.15, 0.2) is 16.3 Å². The standard InChI is InChI=1S/C12H15N3O4S2/c13-3-1-4-14-5-7-15(8-6-14)21(18,19)10-2-9-20-11(10)12(16)17/h2,9H,1,4-8H2,(H,16,17). The van der Waals surface area contributed by atoms with Gasteiger partial charge in [0.2, 0.25) is 10.0 Å². The normalized spacial score (nSPS) is 17.5. The molecule has 21 heavy (non-hydrogen) atoms. The lowest BCUT2D eigenvalue weighted by atomic mass is 10.3. The van der Waals surface area contributed by atoms with E-state index in [1.54, 1.807) is 0 Å². The van der Waals surface area contributed by atoms with Crippen molar-refractivity contribution in [1.29, 1.82) is 5.26 Å². The fraction of sp³-hybridized carbons (Fsp3) is 0.500. The highest BCUT2D eigenvalue weighted by Gasteiger charge is 2.32. The first-order valence-corrected chi connectivity index (χ1v) is 8.69. The van der Waals surface area contributed by atoms with Gasteiger partial charge in [0.15, 0.2) is 0 Å². The summed E-state index contributed by atoms with van der Waals surface area (Å²) in [7, 11) is -3.77. The van der Waals surface area contributed by atoms with Gasteiger partial charge in [-0.3, -0.25) is 4.90 Å². The lowest BCUT2D eigenvalue weighted by Gasteiger charge is -2.33. The van der Waals surface area contributed by atoms with Crippen molar-refractivity contribution in [2.75, 3.05) is 32.7 Å². The van der Waals surface area contributed by atoms with Crippen molar-refractivity contribution in [3.63, 3.8) is 0 Å². The van der Waals surface area contributed by atoms with E-state index in [1.807, 2.05) is 4.90 Å². The Kier molecular flexibility index (Phi) is 4.95. The molecule has 2 heterocycles. The van der Waals surface area contributed by atoms with E-state index < -0.39 is 16.0 Å². The number of rotatable bonds is 5. The largest absolute Gasteiger partial charge is 0.477 e. The van der Waals surface area contributed by atoms with Crippen molar-refractivity contribution in [1.82, 2.24) is 9.21 Å². The van der Waals surface area contributed by atoms with E-state index in [-0.39, 0.29) is 9.77 Å². The van der Waals surface area contributed by atoms with Gasteiger partial charge in [-0.2, -0.15) is 9.57 Å². The first kappa shape index (κ1) is 15.9. The van der Waals surface area contributed by atoms with Crippen molar-refractivity contribution in [2.24, 2.45) is 0 Å². The van der Waals surface area contributed by atoms with Gasteiger partial charge >= 0.3 is 5.97 Å². The SMILES string of the molecule is N#CCCN1CCN(S(=O)(=O)c2ccsc2C(=O)O)CC1. The zero-order valence-corrected chi connectivity index (χ0v) is 12.9. The molecule has 0 aliphatic carbocycles. The number of hydrogen-bond acceptors (Lipinski definition) is 6. The van der Waals surface area contributed by atoms with Gasteiger partial charge in [0, 0.05) is 39.1 Å². The van der Waals surface area contributed by atoms with Crippen LogP contribution >= 0.6 is 11.3 Å². The Morgan fingerprint density at radius 2 is 2.05 bits per heavy atom. The molecule has 0 aromatic carbocycles. The van der Waals surface area contributed by atoms with Crippen LogP contribution < -0.4 is 0 Å². The van der Waals surface area contributed by atoms with Gasteiger partial charge in [-0.25, -0.2) is 13.2 Å². The van der Waals surface area contributed by atoms with E-state index in [0.717, 1.165) is 11.3 Å². The molecule has 1 aliphatic rings. The van der Waals surface area contributed by atoms with Crippen LogP contribution in [-0.2, 0) is 10.0 Å². The number of carboxylic acid groups (broad SMARTS) is 1. The van der Waals surface area contributed by atoms with Crippen LogP contribution in [0.3, 0.4) is 0 Å². The van der Waals surface area contributed by atoms with Gasteiger partial charge in [-0.1, -0.05) is 0 Å². The van der Waals surface area contributed by atoms with Crippen LogP contribution in [-0.4, -0.2) is 61.4 Å². The maximum atomic E-state index is 12.5. The Morgan fingerprint density at radius 1 is 1.38 bits per heavy atom. The van der Waals surface area contributed by atoms with Crippen molar-refractivity contribution >= 4 is 27.3 Å². The number of thiophene rings is 1. The van der Waals surface area contributed by atoms with Gasteiger partial charge in [-0.15, -0.1) is 11.3 Å². The predicted molar refractivity (Wildman–Crippen MR) is 76.7 cm³/mol. The number of nitrogens with zero attached hydrogens (tertiary/aromatic N) is 3. The molecule has 2 rings (SSSR count). The Hall–Kier alpha value is -1.47. The highest BCUT2D eigenvalue weighted by molar-refractivity contribution is 7.89. The van der Waals surface area contributed by atoms with Gasteiger partial charge in [0.25, 0.3) is 0 Å². The molecule has 1 fully saturated rings. The summed E-state index contributed by atoms with van der Waals surface area (Å²) in [5.74, 6) is -1.23. The van der Waals surface area contributed by atoms with E-state index in [4.69, 9.17) is 10.4 Å². The first-order chi connectivity index (χ1) is 9.96. The third kappa shape index (κ3) is 3.41. The summed E-state index contributed by atoms with van der Waals surface area (Å²) in [5.41, 5.74) is 0. The molecule has 0 bridgehead atoms. The summed E-state index contributed by atoms with van der Waals surface area (Å²) < 4.78 is 26.3. The van der Waals surface area contributed by atoms with Crippen molar-refractivity contribution in [3.05, 3.63) is 16.3 Å². The average molecular weight is 329 g/mol. The van der Waals surface area contributed by atoms with Gasteiger partial charge in [0.05, 0.1) is 6.07 Å². The van der Waals surface area contributed by atoms with Crippen LogP contribution in [0.4, 0.5) is 0 Å². The minimum atomic E-state index is -3.77. The summed E-state index contributed by atoms with van der Waals surface area (Å²) in [5, 5.41) is 19.1. The number of piperazine rings is 1. The Labute approximate surface area is 127 Å². The van der Waals surface area contributed by atoms with E-state index in [9.17, 15) is 13.2 Å². The fourth-order valence-electron chi connectivity index (χ4n) is 2.20. The fourth-order valence-corrected chi connectivity index (χ4v) is 4.85. The molecule has 1 aromatic rings. The molecule has 114 valence electrons. The number of sulfonamides is 1. The summed E-state index contributed by atoms with van der Waals surface area (Å²) in [6, 6.07) is 3.40. The molecule has 0 spiro atoms. The Bertz CT molecular complexity index is 654. The lowest BCUT2D eigenvalue weighted by molar-refractivity contribution is 0.0698. The minimum Gasteiger partial charge on any atom is -0.477 e. The predicted octanol–water partition coefficient (Wildman–Crippen LogP) is 0.666. The molecule has 1 N–H and O–H groups in total. The number of aromatic carboxylic acids is 1. The third-order valence-electron chi connectivity index (χ3n) is 3.31. The Balaban J connectivity index is 2.10. The summed E-state index contributed by atoms with van der Waals surface area (Å²) >= 11 is 0.908. The van der Waals surface area contributed by atoms with E-state index in [0.29, 0.717) is 39.1 Å². The second-order valence-corrected chi connectivity index (χ2v) is 7.40. The molecule has 1 saturated heterocycles. The zero-order valence-electron chi connectivity index (χ0n) is 11.2. The maximum absolute atomic E-state index is 12.5. The number of carboxylic acids is 1. The van der Waals surface area contributed by atoms with Crippen molar-refractivity contribution in [2.45, 2.75) is 11.3 Å². The number of nitriles is 1. The van der Waals surface area contributed by atoms with E-state index in [1.165, 1.54) is 15.8 Å². The van der Waals surface area contributed by atoms with Gasteiger partial charge in [0.1, 0.15) is 9.77 Å². The van der Waals surface area contributed by atoms with E-state index >= 15 is 0 Å². The molecule has 9 heteroatoms. The molecule has 1 aromatic heterocycles. The molecule has 0 radical (unpaired) electrons. The number of hydrogen-bond donors (Lipinski definition) is 1. The molecular weight excluding hydrogens is 314 g/mol. The maximum Gasteiger partial charge on any atom is 0.347 e. The molecule has 7 nitrogen and oxygen atoms in total. The summed E-state index contributed by atoms with van der Waals surface area (Å²) in [6.07, 6.45) is 0.417. The third-order valence-corrected chi connectivity index (χ3v) is 6.28. The lowest BCUT2D eigenvalue weighted by Crippen LogP contribution is -2.48. The van der Waals surface area contributed by atoms with Crippen LogP contribution in [0.2, 0.25) is 0 Å². The van der Waals surface area contributed by atoms with Crippen LogP contribution in [0.25, 0.3) is 0 Å². The highest BCUT2D eigenvalue weighted by atomic mass is 32.2. The molecule has 1 aliphatic heterocycles. The number of carbonyl (C=O) groups is 1. The molecule has 0 saturated carbocycles. The molecular formula is C12H15N3O4S2. The topological polar surface area (TPSA) is 102 Å². The quantitative estimate of drug-likeness (QED) is 0.852. The first-order valence-electron chi connectivity index (χ1n) is 6.37. The van der Waals surface area contributed by atoms with E-state index in [2.05, 4.69) is 6.07 Å². The monoisotopic (exact) mass is 329 g/mol. The Morgan fingerprint density at radius 3 is 2.62 bits per heavy atom. The smallest absolute Gasteiger partial charge is 0.347 e. The summed E-state index contributed by atoms with van der Waals surface area (Å²) in [6.45, 7) is 2.34. The zero-order chi connectivity index (χ0) is 15.5. The summed E-state index contributed by atoms with van der Waals surface area (Å²) in [4.78, 5) is 12.8. The molecule has 0 amide bonds. The van der Waals surface area contributed by atoms with Gasteiger partial charge in [-0.05, 0) is 11.4 Å². The van der Waals surface area contributed by atoms with Crippen LogP contribution in [0.1, 0.15) is 16.1 Å². The second-order valence-electron chi connectivity index (χ2n) is 4.57. The highest BCUT2D eigenvalue weighted by Crippen LogP contribution is 2.26. The molecule has 0 unspecified atom stereocenters.